The number of carbonyl (C=O) groups excluding carboxylic acids is 2. The monoisotopic (exact) mass is 573 g/mol. The van der Waals surface area contributed by atoms with Crippen molar-refractivity contribution in [3.8, 4) is 0 Å². The molecule has 6 heteroatoms. The van der Waals surface area contributed by atoms with Crippen LogP contribution in [-0.2, 0) is 9.59 Å². The number of amides is 1. The molecule has 1 amide bonds. The van der Waals surface area contributed by atoms with Crippen molar-refractivity contribution >= 4 is 17.9 Å². The normalized spacial score (nSPS) is 46.1. The number of hydrogen-bond acceptors (Lipinski definition) is 5. The van der Waals surface area contributed by atoms with E-state index in [4.69, 9.17) is 0 Å². The zero-order chi connectivity index (χ0) is 30.3. The maximum atomic E-state index is 14.5. The van der Waals surface area contributed by atoms with Crippen LogP contribution in [0.4, 0.5) is 0 Å². The molecular formula is C36H51N3O3. The molecular weight excluding hydrogens is 522 g/mol. The van der Waals surface area contributed by atoms with Crippen LogP contribution in [0.2, 0.25) is 0 Å². The number of pyridine rings is 1. The van der Waals surface area contributed by atoms with Crippen LogP contribution in [0, 0.1) is 50.2 Å². The average Bonchev–Trinajstić information content (AvgIpc) is 2.93. The van der Waals surface area contributed by atoms with Gasteiger partial charge >= 0.3 is 0 Å². The predicted molar refractivity (Wildman–Crippen MR) is 165 cm³/mol. The van der Waals surface area contributed by atoms with Crippen molar-refractivity contribution in [2.75, 3.05) is 0 Å². The van der Waals surface area contributed by atoms with Crippen LogP contribution in [0.3, 0.4) is 0 Å². The van der Waals surface area contributed by atoms with E-state index in [1.807, 2.05) is 12.1 Å². The highest BCUT2D eigenvalue weighted by Gasteiger charge is 2.70. The third kappa shape index (κ3) is 4.06. The molecule has 1 aromatic heterocycles. The van der Waals surface area contributed by atoms with Crippen molar-refractivity contribution in [3.05, 3.63) is 41.7 Å². The maximum absolute atomic E-state index is 14.5. The molecule has 5 aliphatic carbocycles. The molecule has 4 fully saturated rings. The van der Waals surface area contributed by atoms with E-state index in [-0.39, 0.29) is 50.9 Å². The molecule has 0 saturated heterocycles. The number of aromatic nitrogens is 1. The third-order valence-corrected chi connectivity index (χ3v) is 14.2. The molecule has 0 spiro atoms. The van der Waals surface area contributed by atoms with Crippen LogP contribution in [-0.4, -0.2) is 34.1 Å². The quantitative estimate of drug-likeness (QED) is 0.305. The van der Waals surface area contributed by atoms with Gasteiger partial charge < -0.3 is 5.11 Å². The highest BCUT2D eigenvalue weighted by Crippen LogP contribution is 2.75. The van der Waals surface area contributed by atoms with Crippen LogP contribution in [0.1, 0.15) is 112 Å². The second-order valence-corrected chi connectivity index (χ2v) is 16.6. The smallest absolute Gasteiger partial charge is 0.246 e. The molecule has 0 bridgehead atoms. The largest absolute Gasteiger partial charge is 0.393 e. The Labute approximate surface area is 252 Å². The Hall–Kier alpha value is -2.34. The molecule has 0 unspecified atom stereocenters. The summed E-state index contributed by atoms with van der Waals surface area (Å²) in [4.78, 5) is 32.2. The van der Waals surface area contributed by atoms with E-state index in [1.54, 1.807) is 18.6 Å². The van der Waals surface area contributed by atoms with Crippen LogP contribution < -0.4 is 5.43 Å². The van der Waals surface area contributed by atoms with Crippen LogP contribution in [0.5, 0.6) is 0 Å². The zero-order valence-corrected chi connectivity index (χ0v) is 26.8. The van der Waals surface area contributed by atoms with Gasteiger partial charge in [0.25, 0.3) is 0 Å². The molecule has 5 aliphatic rings. The number of allylic oxidation sites excluding steroid dienone is 2. The molecule has 2 N–H and O–H groups in total. The number of fused-ring (bicyclic) bond motifs is 7. The highest BCUT2D eigenvalue weighted by molar-refractivity contribution is 5.96. The van der Waals surface area contributed by atoms with Crippen molar-refractivity contribution in [1.82, 2.24) is 10.4 Å². The van der Waals surface area contributed by atoms with Crippen LogP contribution in [0.15, 0.2) is 41.3 Å². The Kier molecular flexibility index (Phi) is 6.78. The number of hydrazone groups is 1. The van der Waals surface area contributed by atoms with Gasteiger partial charge in [-0.2, -0.15) is 5.10 Å². The van der Waals surface area contributed by atoms with Gasteiger partial charge in [0.2, 0.25) is 5.91 Å². The minimum atomic E-state index is -0.552. The number of hydrogen-bond donors (Lipinski definition) is 2. The first-order chi connectivity index (χ1) is 19.6. The lowest BCUT2D eigenvalue weighted by molar-refractivity contribution is -0.202. The Bertz CT molecular complexity index is 1340. The number of nitrogens with one attached hydrogen (secondary N) is 1. The Balaban J connectivity index is 1.32. The summed E-state index contributed by atoms with van der Waals surface area (Å²) in [5, 5.41) is 15.2. The van der Waals surface area contributed by atoms with Gasteiger partial charge in [-0.25, -0.2) is 5.43 Å². The van der Waals surface area contributed by atoms with Gasteiger partial charge in [-0.05, 0) is 109 Å². The summed E-state index contributed by atoms with van der Waals surface area (Å²) in [6.07, 6.45) is 15.3. The fraction of sp³-hybridized carbons (Fsp3) is 0.722. The van der Waals surface area contributed by atoms with Crippen molar-refractivity contribution in [1.29, 1.82) is 0 Å². The molecule has 4 saturated carbocycles. The number of carbonyl (C=O) groups is 2. The lowest BCUT2D eigenvalue weighted by Gasteiger charge is -2.70. The average molecular weight is 574 g/mol. The van der Waals surface area contributed by atoms with E-state index in [9.17, 15) is 14.7 Å². The maximum Gasteiger partial charge on any atom is 0.246 e. The van der Waals surface area contributed by atoms with E-state index in [0.717, 1.165) is 63.4 Å². The Morgan fingerprint density at radius 1 is 1.02 bits per heavy atom. The number of rotatable bonds is 3. The van der Waals surface area contributed by atoms with Gasteiger partial charge in [-0.15, -0.1) is 0 Å². The van der Waals surface area contributed by atoms with Crippen molar-refractivity contribution in [3.63, 3.8) is 0 Å². The summed E-state index contributed by atoms with van der Waals surface area (Å²) >= 11 is 0. The fourth-order valence-electron chi connectivity index (χ4n) is 11.1. The van der Waals surface area contributed by atoms with Gasteiger partial charge in [-0.1, -0.05) is 60.1 Å². The van der Waals surface area contributed by atoms with E-state index < -0.39 is 5.41 Å². The summed E-state index contributed by atoms with van der Waals surface area (Å²) in [6, 6.07) is 3.76. The summed E-state index contributed by atoms with van der Waals surface area (Å²) < 4.78 is 0. The van der Waals surface area contributed by atoms with Gasteiger partial charge in [0, 0.05) is 29.3 Å². The summed E-state index contributed by atoms with van der Waals surface area (Å²) in [7, 11) is 0. The van der Waals surface area contributed by atoms with Gasteiger partial charge in [0.1, 0.15) is 0 Å². The van der Waals surface area contributed by atoms with Crippen molar-refractivity contribution in [2.24, 2.45) is 55.3 Å². The molecule has 0 aliphatic heterocycles. The number of ketones is 1. The standard InChI is InChI=1S/C36H51N3O3/c1-31(2)27-10-13-36(7)29(34(27,5)12-11-28(31)41)26(40)19-24-25-20-33(4,15-14-32(25,3)16-17-35(24,36)6)30(42)39-38-22-23-9-8-18-37-21-23/h8-9,18-19,21-22,25,27-29,41H,10-17,20H2,1-7H3,(H,39,42)/b38-22+/t25-,27-,28-,29+,32+,33-,34-,35+,36+/m0/s1. The zero-order valence-electron chi connectivity index (χ0n) is 26.8. The van der Waals surface area contributed by atoms with E-state index in [0.29, 0.717) is 11.7 Å². The fourth-order valence-corrected chi connectivity index (χ4v) is 11.1. The molecule has 9 atom stereocenters. The van der Waals surface area contributed by atoms with Crippen LogP contribution >= 0.6 is 0 Å². The Morgan fingerprint density at radius 3 is 2.48 bits per heavy atom. The molecule has 6 rings (SSSR count). The lowest BCUT2D eigenvalue weighted by atomic mass is 9.33. The number of aliphatic hydroxyl groups excluding tert-OH is 1. The molecule has 0 aromatic carbocycles. The first kappa shape index (κ1) is 29.7. The molecule has 1 heterocycles. The number of aliphatic hydroxyl groups is 1. The predicted octanol–water partition coefficient (Wildman–Crippen LogP) is 6.87. The molecule has 0 radical (unpaired) electrons. The third-order valence-electron chi connectivity index (χ3n) is 14.2. The molecule has 42 heavy (non-hydrogen) atoms. The SMILES string of the molecule is CC1(C)[C@@H](O)CC[C@]2(C)[C@H]3C(=O)C=C4[C@@H]5C[C@@](C)(C(=O)N/N=C/c6cccnc6)CC[C@]5(C)CC[C@@]4(C)[C@]3(C)CC[C@@H]12. The summed E-state index contributed by atoms with van der Waals surface area (Å²) in [5.41, 5.74) is 4.00. The lowest BCUT2D eigenvalue weighted by Crippen LogP contribution is -2.66. The van der Waals surface area contributed by atoms with Gasteiger partial charge in [0.15, 0.2) is 5.78 Å². The first-order valence-corrected chi connectivity index (χ1v) is 16.3. The second kappa shape index (κ2) is 9.58. The second-order valence-electron chi connectivity index (χ2n) is 16.6. The van der Waals surface area contributed by atoms with Gasteiger partial charge in [0.05, 0.1) is 12.3 Å². The first-order valence-electron chi connectivity index (χ1n) is 16.3. The minimum Gasteiger partial charge on any atom is -0.393 e. The highest BCUT2D eigenvalue weighted by atomic mass is 16.3. The van der Waals surface area contributed by atoms with E-state index in [2.05, 4.69) is 70.1 Å². The molecule has 1 aromatic rings. The molecule has 228 valence electrons. The van der Waals surface area contributed by atoms with E-state index in [1.165, 1.54) is 5.57 Å². The summed E-state index contributed by atoms with van der Waals surface area (Å²) in [6.45, 7) is 16.2. The van der Waals surface area contributed by atoms with Crippen molar-refractivity contribution in [2.45, 2.75) is 112 Å². The minimum absolute atomic E-state index is 0.0336. The van der Waals surface area contributed by atoms with E-state index >= 15 is 0 Å². The van der Waals surface area contributed by atoms with Crippen LogP contribution in [0.25, 0.3) is 0 Å². The summed E-state index contributed by atoms with van der Waals surface area (Å²) in [5.74, 6) is 0.747. The Morgan fingerprint density at radius 2 is 1.76 bits per heavy atom. The molecule has 6 nitrogen and oxygen atoms in total. The topological polar surface area (TPSA) is 91.6 Å². The van der Waals surface area contributed by atoms with Crippen molar-refractivity contribution < 1.29 is 14.7 Å². The van der Waals surface area contributed by atoms with Gasteiger partial charge in [-0.3, -0.25) is 14.6 Å². The number of nitrogens with zero attached hydrogens (tertiary/aromatic N) is 2.